The van der Waals surface area contributed by atoms with Crippen molar-refractivity contribution in [2.75, 3.05) is 0 Å². The van der Waals surface area contributed by atoms with Crippen LogP contribution in [0.2, 0.25) is 0 Å². The highest BCUT2D eigenvalue weighted by molar-refractivity contribution is 4.86. The maximum atomic E-state index is 12.9. The molecule has 0 amide bonds. The highest BCUT2D eigenvalue weighted by atomic mass is 19.1. The van der Waals surface area contributed by atoms with Crippen molar-refractivity contribution in [2.24, 2.45) is 0 Å². The minimum absolute atomic E-state index is 0.236. The number of nitrogens with zero attached hydrogens (tertiary/aromatic N) is 1. The molecule has 0 aliphatic heterocycles. The zero-order valence-electron chi connectivity index (χ0n) is 6.10. The van der Waals surface area contributed by atoms with Crippen LogP contribution in [-0.2, 0) is 6.42 Å². The van der Waals surface area contributed by atoms with Crippen LogP contribution in [0.15, 0.2) is 16.9 Å². The molecule has 10 heavy (non-hydrogen) atoms. The van der Waals surface area contributed by atoms with Crippen LogP contribution in [0.1, 0.15) is 19.7 Å². The molecule has 56 valence electrons. The molecule has 1 aromatic heterocycles. The number of hydrogen-bond acceptors (Lipinski definition) is 2. The summed E-state index contributed by atoms with van der Waals surface area (Å²) in [4.78, 5) is 3.79. The Labute approximate surface area is 59.1 Å². The molecule has 0 atom stereocenters. The van der Waals surface area contributed by atoms with Crippen LogP contribution >= 0.6 is 0 Å². The molecule has 1 heterocycles. The second-order valence-electron chi connectivity index (χ2n) is 2.82. The van der Waals surface area contributed by atoms with Crippen molar-refractivity contribution in [3.05, 3.63) is 18.4 Å². The third-order valence-electron chi connectivity index (χ3n) is 1.06. The van der Waals surface area contributed by atoms with E-state index in [4.69, 9.17) is 4.42 Å². The van der Waals surface area contributed by atoms with Gasteiger partial charge in [-0.05, 0) is 13.8 Å². The Hall–Kier alpha value is -0.860. The van der Waals surface area contributed by atoms with E-state index in [9.17, 15) is 4.39 Å². The van der Waals surface area contributed by atoms with Crippen LogP contribution < -0.4 is 0 Å². The van der Waals surface area contributed by atoms with Gasteiger partial charge in [-0.1, -0.05) is 0 Å². The predicted molar refractivity (Wildman–Crippen MR) is 35.4 cm³/mol. The van der Waals surface area contributed by atoms with Gasteiger partial charge in [0.15, 0.2) is 5.89 Å². The maximum absolute atomic E-state index is 12.9. The van der Waals surface area contributed by atoms with E-state index in [0.29, 0.717) is 5.89 Å². The highest BCUT2D eigenvalue weighted by Crippen LogP contribution is 2.14. The molecule has 1 rings (SSSR count). The summed E-state index contributed by atoms with van der Waals surface area (Å²) in [7, 11) is 0. The molecule has 1 aromatic rings. The summed E-state index contributed by atoms with van der Waals surface area (Å²) in [6, 6.07) is 0. The minimum Gasteiger partial charge on any atom is -0.449 e. The van der Waals surface area contributed by atoms with Crippen molar-refractivity contribution in [1.82, 2.24) is 4.98 Å². The number of halogens is 1. The molecule has 0 fully saturated rings. The van der Waals surface area contributed by atoms with Crippen molar-refractivity contribution >= 4 is 0 Å². The van der Waals surface area contributed by atoms with E-state index in [-0.39, 0.29) is 6.42 Å². The van der Waals surface area contributed by atoms with Crippen molar-refractivity contribution in [3.63, 3.8) is 0 Å². The lowest BCUT2D eigenvalue weighted by Crippen LogP contribution is -2.15. The van der Waals surface area contributed by atoms with Crippen LogP contribution in [-0.4, -0.2) is 10.7 Å². The first-order valence-electron chi connectivity index (χ1n) is 3.15. The summed E-state index contributed by atoms with van der Waals surface area (Å²) in [5.41, 5.74) is -1.23. The Morgan fingerprint density at radius 1 is 1.70 bits per heavy atom. The lowest BCUT2D eigenvalue weighted by molar-refractivity contribution is 0.202. The monoisotopic (exact) mass is 143 g/mol. The smallest absolute Gasteiger partial charge is 0.197 e. The van der Waals surface area contributed by atoms with Gasteiger partial charge in [-0.3, -0.25) is 0 Å². The highest BCUT2D eigenvalue weighted by Gasteiger charge is 2.18. The van der Waals surface area contributed by atoms with E-state index in [0.717, 1.165) is 0 Å². The lowest BCUT2D eigenvalue weighted by atomic mass is 10.1. The van der Waals surface area contributed by atoms with Gasteiger partial charge in [0, 0.05) is 0 Å². The zero-order valence-corrected chi connectivity index (χ0v) is 6.10. The molecule has 0 radical (unpaired) electrons. The van der Waals surface area contributed by atoms with E-state index >= 15 is 0 Å². The van der Waals surface area contributed by atoms with E-state index < -0.39 is 5.67 Å². The number of hydrogen-bond donors (Lipinski definition) is 0. The second-order valence-corrected chi connectivity index (χ2v) is 2.82. The van der Waals surface area contributed by atoms with Crippen LogP contribution in [0.5, 0.6) is 0 Å². The summed E-state index contributed by atoms with van der Waals surface area (Å²) < 4.78 is 17.7. The fourth-order valence-corrected chi connectivity index (χ4v) is 0.700. The quantitative estimate of drug-likeness (QED) is 0.632. The topological polar surface area (TPSA) is 26.0 Å². The van der Waals surface area contributed by atoms with Crippen LogP contribution in [0.4, 0.5) is 4.39 Å². The first-order chi connectivity index (χ1) is 4.58. The Bertz CT molecular complexity index is 188. The van der Waals surface area contributed by atoms with Gasteiger partial charge in [-0.2, -0.15) is 0 Å². The fourth-order valence-electron chi connectivity index (χ4n) is 0.700. The molecule has 3 heteroatoms. The Morgan fingerprint density at radius 3 is 2.80 bits per heavy atom. The third-order valence-corrected chi connectivity index (χ3v) is 1.06. The van der Waals surface area contributed by atoms with Gasteiger partial charge >= 0.3 is 0 Å². The maximum Gasteiger partial charge on any atom is 0.197 e. The van der Waals surface area contributed by atoms with E-state index in [1.54, 1.807) is 0 Å². The van der Waals surface area contributed by atoms with Gasteiger partial charge in [-0.25, -0.2) is 9.37 Å². The summed E-state index contributed by atoms with van der Waals surface area (Å²) in [5, 5.41) is 0. The molecule has 0 aromatic carbocycles. The van der Waals surface area contributed by atoms with Crippen molar-refractivity contribution in [1.29, 1.82) is 0 Å². The van der Waals surface area contributed by atoms with Gasteiger partial charge in [-0.15, -0.1) is 0 Å². The number of aromatic nitrogens is 1. The van der Waals surface area contributed by atoms with Crippen LogP contribution in [0.25, 0.3) is 0 Å². The summed E-state index contributed by atoms with van der Waals surface area (Å²) in [5.74, 6) is 0.451. The molecule has 0 saturated carbocycles. The number of alkyl halides is 1. The molecule has 0 bridgehead atoms. The molecule has 0 saturated heterocycles. The van der Waals surface area contributed by atoms with Gasteiger partial charge in [0.05, 0.1) is 12.6 Å². The van der Waals surface area contributed by atoms with E-state index in [1.807, 2.05) is 0 Å². The average Bonchev–Trinajstić information content (AvgIpc) is 2.12. The Balaban J connectivity index is 2.57. The van der Waals surface area contributed by atoms with Crippen molar-refractivity contribution < 1.29 is 8.81 Å². The molecule has 2 nitrogen and oxygen atoms in total. The van der Waals surface area contributed by atoms with Gasteiger partial charge < -0.3 is 4.42 Å². The van der Waals surface area contributed by atoms with Gasteiger partial charge in [0.2, 0.25) is 0 Å². The number of oxazole rings is 1. The second kappa shape index (κ2) is 2.40. The standard InChI is InChI=1S/C7H10FNO/c1-7(2,8)5-6-9-3-4-10-6/h3-4H,5H2,1-2H3. The molecule has 0 N–H and O–H groups in total. The fraction of sp³-hybridized carbons (Fsp3) is 0.571. The average molecular weight is 143 g/mol. The molecular formula is C7H10FNO. The summed E-state index contributed by atoms with van der Waals surface area (Å²) in [6.45, 7) is 2.99. The number of rotatable bonds is 2. The normalized spacial score (nSPS) is 11.9. The van der Waals surface area contributed by atoms with Crippen LogP contribution in [0.3, 0.4) is 0 Å². The largest absolute Gasteiger partial charge is 0.449 e. The predicted octanol–water partition coefficient (Wildman–Crippen LogP) is 1.97. The Kier molecular flexibility index (Phi) is 1.74. The molecule has 0 aliphatic carbocycles. The minimum atomic E-state index is -1.23. The van der Waals surface area contributed by atoms with Gasteiger partial charge in [0.25, 0.3) is 0 Å². The van der Waals surface area contributed by atoms with Crippen molar-refractivity contribution in [3.8, 4) is 0 Å². The van der Waals surface area contributed by atoms with E-state index in [1.165, 1.54) is 26.3 Å². The first-order valence-corrected chi connectivity index (χ1v) is 3.15. The molecular weight excluding hydrogens is 133 g/mol. The molecule has 0 spiro atoms. The SMILES string of the molecule is CC(C)(F)Cc1ncco1. The third kappa shape index (κ3) is 2.17. The zero-order chi connectivity index (χ0) is 7.61. The molecule has 0 aliphatic rings. The van der Waals surface area contributed by atoms with Gasteiger partial charge in [0.1, 0.15) is 11.9 Å². The first kappa shape index (κ1) is 7.25. The lowest BCUT2D eigenvalue weighted by Gasteiger charge is -2.09. The summed E-state index contributed by atoms with van der Waals surface area (Å²) in [6.07, 6.45) is 3.20. The summed E-state index contributed by atoms with van der Waals surface area (Å²) >= 11 is 0. The molecule has 0 unspecified atom stereocenters. The van der Waals surface area contributed by atoms with Crippen molar-refractivity contribution in [2.45, 2.75) is 25.9 Å². The Morgan fingerprint density at radius 2 is 2.40 bits per heavy atom. The van der Waals surface area contributed by atoms with E-state index in [2.05, 4.69) is 4.98 Å². The van der Waals surface area contributed by atoms with Crippen LogP contribution in [0, 0.1) is 0 Å².